The highest BCUT2D eigenvalue weighted by Gasteiger charge is 2.13. The van der Waals surface area contributed by atoms with Gasteiger partial charge in [-0.3, -0.25) is 4.79 Å². The monoisotopic (exact) mass is 400 g/mol. The molecule has 2 aromatic carbocycles. The summed E-state index contributed by atoms with van der Waals surface area (Å²) in [5, 5.41) is 4.29. The standard InChI is InChI=1S/C22H28N2O5/c1-7-17(15-8-10-18(26-4)20(12-15)27-5)23-24-22(25)16-9-11-19(29-14(2)3)21(13-16)28-6/h8-14H,7H2,1-6H3,(H,24,25)/b23-17+. The molecule has 1 amide bonds. The molecule has 0 aliphatic carbocycles. The van der Waals surface area contributed by atoms with Crippen LogP contribution in [0.5, 0.6) is 23.0 Å². The van der Waals surface area contributed by atoms with Crippen LogP contribution in [0.15, 0.2) is 41.5 Å². The number of nitrogens with one attached hydrogen (secondary N) is 1. The number of carbonyl (C=O) groups excluding carboxylic acids is 1. The van der Waals surface area contributed by atoms with E-state index in [2.05, 4.69) is 10.5 Å². The van der Waals surface area contributed by atoms with E-state index in [0.717, 1.165) is 5.56 Å². The third-order valence-electron chi connectivity index (χ3n) is 4.13. The van der Waals surface area contributed by atoms with Crippen molar-refractivity contribution in [3.8, 4) is 23.0 Å². The number of hydrogen-bond acceptors (Lipinski definition) is 6. The zero-order chi connectivity index (χ0) is 21.4. The number of rotatable bonds is 9. The first kappa shape index (κ1) is 22.1. The van der Waals surface area contributed by atoms with Gasteiger partial charge in [0.05, 0.1) is 33.1 Å². The lowest BCUT2D eigenvalue weighted by Gasteiger charge is -2.14. The lowest BCUT2D eigenvalue weighted by atomic mass is 10.1. The van der Waals surface area contributed by atoms with Crippen molar-refractivity contribution < 1.29 is 23.7 Å². The fourth-order valence-electron chi connectivity index (χ4n) is 2.71. The van der Waals surface area contributed by atoms with Gasteiger partial charge in [0.25, 0.3) is 5.91 Å². The molecule has 2 aromatic rings. The SMILES string of the molecule is CC/C(=N\NC(=O)c1ccc(OC(C)C)c(OC)c1)c1ccc(OC)c(OC)c1. The van der Waals surface area contributed by atoms with Crippen LogP contribution in [0.3, 0.4) is 0 Å². The first-order valence-electron chi connectivity index (χ1n) is 9.37. The quantitative estimate of drug-likeness (QED) is 0.508. The maximum Gasteiger partial charge on any atom is 0.271 e. The van der Waals surface area contributed by atoms with Gasteiger partial charge in [-0.1, -0.05) is 6.92 Å². The number of ether oxygens (including phenoxy) is 4. The summed E-state index contributed by atoms with van der Waals surface area (Å²) in [7, 11) is 4.69. The Bertz CT molecular complexity index is 878. The molecule has 7 nitrogen and oxygen atoms in total. The van der Waals surface area contributed by atoms with Gasteiger partial charge in [-0.25, -0.2) is 5.43 Å². The van der Waals surface area contributed by atoms with Gasteiger partial charge in [0.15, 0.2) is 23.0 Å². The van der Waals surface area contributed by atoms with Crippen molar-refractivity contribution in [3.63, 3.8) is 0 Å². The Hall–Kier alpha value is -3.22. The van der Waals surface area contributed by atoms with E-state index in [1.165, 1.54) is 7.11 Å². The Morgan fingerprint density at radius 2 is 1.45 bits per heavy atom. The van der Waals surface area contributed by atoms with Crippen molar-refractivity contribution in [1.29, 1.82) is 0 Å². The van der Waals surface area contributed by atoms with E-state index in [1.54, 1.807) is 38.5 Å². The van der Waals surface area contributed by atoms with Gasteiger partial charge in [0.1, 0.15) is 0 Å². The molecule has 7 heteroatoms. The lowest BCUT2D eigenvalue weighted by molar-refractivity contribution is 0.0954. The molecule has 0 aromatic heterocycles. The summed E-state index contributed by atoms with van der Waals surface area (Å²) >= 11 is 0. The number of amides is 1. The highest BCUT2D eigenvalue weighted by Crippen LogP contribution is 2.29. The van der Waals surface area contributed by atoms with E-state index in [1.807, 2.05) is 32.9 Å². The Kier molecular flexibility index (Phi) is 7.88. The molecule has 0 heterocycles. The molecule has 29 heavy (non-hydrogen) atoms. The number of methoxy groups -OCH3 is 3. The molecule has 0 aliphatic rings. The first-order valence-corrected chi connectivity index (χ1v) is 9.37. The van der Waals surface area contributed by atoms with Gasteiger partial charge in [0, 0.05) is 11.1 Å². The summed E-state index contributed by atoms with van der Waals surface area (Å²) in [4.78, 5) is 12.6. The molecule has 0 saturated carbocycles. The topological polar surface area (TPSA) is 78.4 Å². The highest BCUT2D eigenvalue weighted by atomic mass is 16.5. The molecule has 0 unspecified atom stereocenters. The van der Waals surface area contributed by atoms with Crippen molar-refractivity contribution in [1.82, 2.24) is 5.43 Å². The molecule has 0 saturated heterocycles. The second-order valence-electron chi connectivity index (χ2n) is 6.45. The average molecular weight is 400 g/mol. The third kappa shape index (κ3) is 5.63. The van der Waals surface area contributed by atoms with Gasteiger partial charge in [0.2, 0.25) is 0 Å². The predicted molar refractivity (Wildman–Crippen MR) is 113 cm³/mol. The van der Waals surface area contributed by atoms with Gasteiger partial charge in [-0.2, -0.15) is 5.10 Å². The maximum atomic E-state index is 12.6. The number of hydrogen-bond donors (Lipinski definition) is 1. The Morgan fingerprint density at radius 1 is 0.897 bits per heavy atom. The molecule has 0 aliphatic heterocycles. The predicted octanol–water partition coefficient (Wildman–Crippen LogP) is 4.04. The van der Waals surface area contributed by atoms with Crippen molar-refractivity contribution >= 4 is 11.6 Å². The lowest BCUT2D eigenvalue weighted by Crippen LogP contribution is -2.20. The summed E-state index contributed by atoms with van der Waals surface area (Å²) in [6, 6.07) is 10.5. The molecule has 2 rings (SSSR count). The molecular weight excluding hydrogens is 372 g/mol. The van der Waals surface area contributed by atoms with E-state index in [0.29, 0.717) is 40.7 Å². The molecule has 0 spiro atoms. The van der Waals surface area contributed by atoms with Crippen LogP contribution < -0.4 is 24.4 Å². The number of carbonyl (C=O) groups is 1. The number of nitrogens with zero attached hydrogens (tertiary/aromatic N) is 1. The van der Waals surface area contributed by atoms with Gasteiger partial charge in [-0.05, 0) is 56.7 Å². The van der Waals surface area contributed by atoms with Crippen molar-refractivity contribution in [3.05, 3.63) is 47.5 Å². The van der Waals surface area contributed by atoms with Crippen LogP contribution in [0, 0.1) is 0 Å². The van der Waals surface area contributed by atoms with Gasteiger partial charge < -0.3 is 18.9 Å². The minimum atomic E-state index is -0.342. The normalized spacial score (nSPS) is 11.2. The average Bonchev–Trinajstić information content (AvgIpc) is 2.73. The van der Waals surface area contributed by atoms with Crippen LogP contribution >= 0.6 is 0 Å². The second-order valence-corrected chi connectivity index (χ2v) is 6.45. The first-order chi connectivity index (χ1) is 13.9. The van der Waals surface area contributed by atoms with E-state index < -0.39 is 0 Å². The van der Waals surface area contributed by atoms with Crippen molar-refractivity contribution in [2.45, 2.75) is 33.3 Å². The van der Waals surface area contributed by atoms with Crippen LogP contribution in [-0.2, 0) is 0 Å². The van der Waals surface area contributed by atoms with Crippen LogP contribution in [0.2, 0.25) is 0 Å². The highest BCUT2D eigenvalue weighted by molar-refractivity contribution is 6.02. The summed E-state index contributed by atoms with van der Waals surface area (Å²) in [6.45, 7) is 5.81. The van der Waals surface area contributed by atoms with Crippen LogP contribution in [-0.4, -0.2) is 39.1 Å². The smallest absolute Gasteiger partial charge is 0.271 e. The molecule has 156 valence electrons. The summed E-state index contributed by atoms with van der Waals surface area (Å²) in [5.41, 5.74) is 4.58. The molecular formula is C22H28N2O5. The number of benzene rings is 2. The van der Waals surface area contributed by atoms with E-state index in [-0.39, 0.29) is 12.0 Å². The van der Waals surface area contributed by atoms with E-state index >= 15 is 0 Å². The van der Waals surface area contributed by atoms with Crippen LogP contribution in [0.1, 0.15) is 43.1 Å². The molecule has 0 bridgehead atoms. The summed E-state index contributed by atoms with van der Waals surface area (Å²) in [6.07, 6.45) is 0.627. The Labute approximate surface area is 171 Å². The number of hydrazone groups is 1. The van der Waals surface area contributed by atoms with Crippen LogP contribution in [0.25, 0.3) is 0 Å². The second kappa shape index (κ2) is 10.4. The Balaban J connectivity index is 2.21. The fraction of sp³-hybridized carbons (Fsp3) is 0.364. The van der Waals surface area contributed by atoms with Crippen LogP contribution in [0.4, 0.5) is 0 Å². The zero-order valence-electron chi connectivity index (χ0n) is 17.7. The maximum absolute atomic E-state index is 12.6. The molecule has 1 N–H and O–H groups in total. The molecule has 0 fully saturated rings. The third-order valence-corrected chi connectivity index (χ3v) is 4.13. The summed E-state index contributed by atoms with van der Waals surface area (Å²) in [5.74, 6) is 1.97. The summed E-state index contributed by atoms with van der Waals surface area (Å²) < 4.78 is 21.6. The minimum absolute atomic E-state index is 0.00165. The fourth-order valence-corrected chi connectivity index (χ4v) is 2.71. The van der Waals surface area contributed by atoms with E-state index in [9.17, 15) is 4.79 Å². The Morgan fingerprint density at radius 3 is 2.03 bits per heavy atom. The van der Waals surface area contributed by atoms with Crippen molar-refractivity contribution in [2.75, 3.05) is 21.3 Å². The molecule has 0 atom stereocenters. The van der Waals surface area contributed by atoms with E-state index in [4.69, 9.17) is 18.9 Å². The largest absolute Gasteiger partial charge is 0.493 e. The zero-order valence-corrected chi connectivity index (χ0v) is 17.7. The minimum Gasteiger partial charge on any atom is -0.493 e. The van der Waals surface area contributed by atoms with Crippen molar-refractivity contribution in [2.24, 2.45) is 5.10 Å². The molecule has 0 radical (unpaired) electrons. The van der Waals surface area contributed by atoms with Gasteiger partial charge in [-0.15, -0.1) is 0 Å². The van der Waals surface area contributed by atoms with Gasteiger partial charge >= 0.3 is 0 Å².